The molecule has 1 aliphatic heterocycles. The predicted molar refractivity (Wildman–Crippen MR) is 68.0 cm³/mol. The third kappa shape index (κ3) is 2.70. The molecule has 0 radical (unpaired) electrons. The van der Waals surface area contributed by atoms with Gasteiger partial charge in [-0.25, -0.2) is 15.0 Å². The lowest BCUT2D eigenvalue weighted by Gasteiger charge is -2.20. The van der Waals surface area contributed by atoms with E-state index in [1.54, 1.807) is 7.05 Å². The van der Waals surface area contributed by atoms with E-state index in [0.717, 1.165) is 0 Å². The average molecular weight is 262 g/mol. The van der Waals surface area contributed by atoms with Crippen molar-refractivity contribution < 1.29 is 14.3 Å². The van der Waals surface area contributed by atoms with E-state index in [1.165, 1.54) is 17.4 Å². The lowest BCUT2D eigenvalue weighted by Crippen LogP contribution is -2.34. The molecule has 0 unspecified atom stereocenters. The van der Waals surface area contributed by atoms with Crippen LogP contribution in [0.3, 0.4) is 0 Å². The first kappa shape index (κ1) is 13.0. The van der Waals surface area contributed by atoms with Gasteiger partial charge in [-0.2, -0.15) is 0 Å². The third-order valence-corrected chi connectivity index (χ3v) is 2.42. The Bertz CT molecular complexity index is 542. The summed E-state index contributed by atoms with van der Waals surface area (Å²) in [4.78, 5) is 19.6. The molecule has 1 aliphatic rings. The monoisotopic (exact) mass is 262 g/mol. The van der Waals surface area contributed by atoms with E-state index in [2.05, 4.69) is 21.6 Å². The fourth-order valence-electron chi connectivity index (χ4n) is 1.50. The molecule has 1 aromatic heterocycles. The van der Waals surface area contributed by atoms with Crippen molar-refractivity contribution in [3.63, 3.8) is 0 Å². The van der Waals surface area contributed by atoms with Gasteiger partial charge in [0, 0.05) is 19.4 Å². The zero-order valence-corrected chi connectivity index (χ0v) is 10.8. The molecule has 2 heterocycles. The van der Waals surface area contributed by atoms with Crippen molar-refractivity contribution >= 4 is 17.6 Å². The molecule has 0 N–H and O–H groups in total. The number of ether oxygens (including phenoxy) is 2. The molecule has 100 valence electrons. The van der Waals surface area contributed by atoms with Gasteiger partial charge in [-0.15, -0.1) is 5.10 Å². The number of hydrogen-bond donors (Lipinski definition) is 0. The van der Waals surface area contributed by atoms with Gasteiger partial charge in [-0.1, -0.05) is 6.58 Å². The lowest BCUT2D eigenvalue weighted by atomic mass is 10.2. The number of hydrogen-bond acceptors (Lipinski definition) is 6. The fraction of sp³-hybridized carbons (Fsp3) is 0.333. The second-order valence-electron chi connectivity index (χ2n) is 3.72. The molecule has 1 amide bonds. The minimum absolute atomic E-state index is 0.0769. The number of amides is 1. The van der Waals surface area contributed by atoms with Crippen LogP contribution in [0.1, 0.15) is 18.3 Å². The van der Waals surface area contributed by atoms with E-state index >= 15 is 0 Å². The Morgan fingerprint density at radius 1 is 1.53 bits per heavy atom. The SMILES string of the molecule is C=C(OCC)c1nccnc1C1=NN(C)C(=O)CO1. The summed E-state index contributed by atoms with van der Waals surface area (Å²) < 4.78 is 10.6. The van der Waals surface area contributed by atoms with E-state index in [1.807, 2.05) is 6.92 Å². The van der Waals surface area contributed by atoms with Crippen LogP contribution in [0, 0.1) is 0 Å². The number of rotatable bonds is 4. The highest BCUT2D eigenvalue weighted by molar-refractivity contribution is 5.99. The van der Waals surface area contributed by atoms with Crippen molar-refractivity contribution in [1.82, 2.24) is 15.0 Å². The van der Waals surface area contributed by atoms with Crippen LogP contribution in [-0.4, -0.2) is 47.0 Å². The Morgan fingerprint density at radius 3 is 2.95 bits per heavy atom. The lowest BCUT2D eigenvalue weighted by molar-refractivity contribution is -0.134. The molecule has 0 fully saturated rings. The number of carbonyl (C=O) groups excluding carboxylic acids is 1. The maximum Gasteiger partial charge on any atom is 0.280 e. The summed E-state index contributed by atoms with van der Waals surface area (Å²) in [7, 11) is 1.55. The first-order valence-electron chi connectivity index (χ1n) is 5.75. The normalized spacial score (nSPS) is 14.7. The standard InChI is InChI=1S/C12H14N4O3/c1-4-18-8(2)10-11(14-6-5-13-10)12-15-16(3)9(17)7-19-12/h5-6H,2,4,7H2,1,3H3. The molecule has 19 heavy (non-hydrogen) atoms. The molecular weight excluding hydrogens is 248 g/mol. The Morgan fingerprint density at radius 2 is 2.26 bits per heavy atom. The fourth-order valence-corrected chi connectivity index (χ4v) is 1.50. The van der Waals surface area contributed by atoms with Gasteiger partial charge in [0.1, 0.15) is 11.5 Å². The molecule has 0 saturated carbocycles. The molecule has 0 saturated heterocycles. The molecule has 1 aromatic rings. The molecule has 7 heteroatoms. The second-order valence-corrected chi connectivity index (χ2v) is 3.72. The van der Waals surface area contributed by atoms with Gasteiger partial charge in [0.05, 0.1) is 6.61 Å². The van der Waals surface area contributed by atoms with E-state index in [4.69, 9.17) is 9.47 Å². The van der Waals surface area contributed by atoms with Crippen molar-refractivity contribution in [3.05, 3.63) is 30.4 Å². The Hall–Kier alpha value is -2.44. The maximum atomic E-state index is 11.3. The van der Waals surface area contributed by atoms with Crippen molar-refractivity contribution in [1.29, 1.82) is 0 Å². The topological polar surface area (TPSA) is 76.9 Å². The largest absolute Gasteiger partial charge is 0.492 e. The molecule has 7 nitrogen and oxygen atoms in total. The number of carbonyl (C=O) groups is 1. The van der Waals surface area contributed by atoms with Gasteiger partial charge in [-0.3, -0.25) is 4.79 Å². The summed E-state index contributed by atoms with van der Waals surface area (Å²) in [5.74, 6) is 0.389. The van der Waals surface area contributed by atoms with Crippen LogP contribution in [0.15, 0.2) is 24.1 Å². The number of hydrazone groups is 1. The van der Waals surface area contributed by atoms with Crippen LogP contribution in [0.25, 0.3) is 5.76 Å². The van der Waals surface area contributed by atoms with Crippen LogP contribution < -0.4 is 0 Å². The van der Waals surface area contributed by atoms with Gasteiger partial charge in [-0.05, 0) is 6.92 Å². The van der Waals surface area contributed by atoms with E-state index in [-0.39, 0.29) is 18.4 Å². The first-order chi connectivity index (χ1) is 9.13. The zero-order chi connectivity index (χ0) is 13.8. The van der Waals surface area contributed by atoms with Crippen molar-refractivity contribution in [3.8, 4) is 0 Å². The van der Waals surface area contributed by atoms with Crippen LogP contribution in [0.4, 0.5) is 0 Å². The first-order valence-corrected chi connectivity index (χ1v) is 5.75. The number of likely N-dealkylation sites (N-methyl/N-ethyl adjacent to an activating group) is 1. The summed E-state index contributed by atoms with van der Waals surface area (Å²) in [6.45, 7) is 6.03. The van der Waals surface area contributed by atoms with Gasteiger partial charge >= 0.3 is 0 Å². The maximum absolute atomic E-state index is 11.3. The molecule has 0 spiro atoms. The summed E-state index contributed by atoms with van der Waals surface area (Å²) in [5.41, 5.74) is 0.853. The van der Waals surface area contributed by atoms with Crippen LogP contribution in [0.2, 0.25) is 0 Å². The van der Waals surface area contributed by atoms with Gasteiger partial charge < -0.3 is 9.47 Å². The highest BCUT2D eigenvalue weighted by atomic mass is 16.5. The van der Waals surface area contributed by atoms with E-state index in [0.29, 0.717) is 23.8 Å². The smallest absolute Gasteiger partial charge is 0.280 e. The Labute approximate surface area is 110 Å². The van der Waals surface area contributed by atoms with Crippen molar-refractivity contribution in [2.75, 3.05) is 20.3 Å². The van der Waals surface area contributed by atoms with Crippen LogP contribution >= 0.6 is 0 Å². The van der Waals surface area contributed by atoms with Gasteiger partial charge in [0.2, 0.25) is 0 Å². The highest BCUT2D eigenvalue weighted by Crippen LogP contribution is 2.17. The molecule has 0 aromatic carbocycles. The van der Waals surface area contributed by atoms with E-state index < -0.39 is 0 Å². The Balaban J connectivity index is 2.38. The molecule has 0 atom stereocenters. The summed E-state index contributed by atoms with van der Waals surface area (Å²) in [5, 5.41) is 5.22. The molecular formula is C12H14N4O3. The summed E-state index contributed by atoms with van der Waals surface area (Å²) in [6.07, 6.45) is 3.04. The summed E-state index contributed by atoms with van der Waals surface area (Å²) >= 11 is 0. The average Bonchev–Trinajstić information content (AvgIpc) is 2.42. The van der Waals surface area contributed by atoms with E-state index in [9.17, 15) is 4.79 Å². The molecule has 2 rings (SSSR count). The third-order valence-electron chi connectivity index (χ3n) is 2.42. The minimum atomic E-state index is -0.224. The number of aromatic nitrogens is 2. The van der Waals surface area contributed by atoms with Gasteiger partial charge in [0.25, 0.3) is 11.8 Å². The quantitative estimate of drug-likeness (QED) is 0.744. The highest BCUT2D eigenvalue weighted by Gasteiger charge is 2.24. The minimum Gasteiger partial charge on any atom is -0.492 e. The zero-order valence-electron chi connectivity index (χ0n) is 10.8. The van der Waals surface area contributed by atoms with Gasteiger partial charge in [0.15, 0.2) is 12.3 Å². The summed E-state index contributed by atoms with van der Waals surface area (Å²) in [6, 6.07) is 0. The molecule has 0 bridgehead atoms. The predicted octanol–water partition coefficient (Wildman–Crippen LogP) is 0.634. The van der Waals surface area contributed by atoms with Crippen LogP contribution in [0.5, 0.6) is 0 Å². The second kappa shape index (κ2) is 5.47. The Kier molecular flexibility index (Phi) is 3.74. The molecule has 0 aliphatic carbocycles. The van der Waals surface area contributed by atoms with Crippen molar-refractivity contribution in [2.45, 2.75) is 6.92 Å². The van der Waals surface area contributed by atoms with Crippen molar-refractivity contribution in [2.24, 2.45) is 5.10 Å². The number of nitrogens with zero attached hydrogens (tertiary/aromatic N) is 4. The van der Waals surface area contributed by atoms with Crippen LogP contribution in [-0.2, 0) is 14.3 Å².